The predicted molar refractivity (Wildman–Crippen MR) is 101 cm³/mol. The van der Waals surface area contributed by atoms with Gasteiger partial charge in [-0.2, -0.15) is 9.78 Å². The average Bonchev–Trinajstić information content (AvgIpc) is 3.19. The molecule has 9 nitrogen and oxygen atoms in total. The Labute approximate surface area is 163 Å². The van der Waals surface area contributed by atoms with Crippen LogP contribution < -0.4 is 11.2 Å². The van der Waals surface area contributed by atoms with Crippen LogP contribution in [0, 0.1) is 4.77 Å². The third-order valence-corrected chi connectivity index (χ3v) is 4.80. The summed E-state index contributed by atoms with van der Waals surface area (Å²) in [6.07, 6.45) is -0.191. The van der Waals surface area contributed by atoms with E-state index in [1.54, 1.807) is 21.5 Å². The zero-order valence-electron chi connectivity index (χ0n) is 13.3. The first-order chi connectivity index (χ1) is 12.5. The number of nitrogens with zero attached hydrogens (tertiary/aromatic N) is 5. The van der Waals surface area contributed by atoms with Crippen LogP contribution in [0.5, 0.6) is 0 Å². The van der Waals surface area contributed by atoms with Crippen LogP contribution >= 0.6 is 36.0 Å². The van der Waals surface area contributed by atoms with Gasteiger partial charge in [0.05, 0.1) is 24.0 Å². The van der Waals surface area contributed by atoms with Crippen LogP contribution in [-0.2, 0) is 9.47 Å². The lowest BCUT2D eigenvalue weighted by Crippen LogP contribution is -2.39. The minimum absolute atomic E-state index is 0.0673. The van der Waals surface area contributed by atoms with Crippen molar-refractivity contribution < 1.29 is 9.47 Å². The van der Waals surface area contributed by atoms with Gasteiger partial charge >= 0.3 is 0 Å². The van der Waals surface area contributed by atoms with Crippen LogP contribution in [0.1, 0.15) is 12.5 Å². The van der Waals surface area contributed by atoms with Gasteiger partial charge in [0.25, 0.3) is 0 Å². The minimum atomic E-state index is -0.518. The maximum Gasteiger partial charge on any atom is 0.221 e. The highest BCUT2D eigenvalue weighted by molar-refractivity contribution is 7.80. The molecule has 1 aromatic heterocycles. The smallest absolute Gasteiger partial charge is 0.221 e. The van der Waals surface area contributed by atoms with E-state index >= 15 is 0 Å². The van der Waals surface area contributed by atoms with Gasteiger partial charge in [-0.1, -0.05) is 17.7 Å². The summed E-state index contributed by atoms with van der Waals surface area (Å²) in [6, 6.07) is 7.01. The SMILES string of the molecule is NC(=S)N/N=C1/C[C@@H](n2nnn(-c3cccc(Cl)c3)c2=S)[C@@H]2CO[C@@H]1O2. The van der Waals surface area contributed by atoms with Gasteiger partial charge < -0.3 is 15.2 Å². The molecule has 2 aliphatic heterocycles. The standard InChI is InChI=1S/C14H14ClN7O2S2/c15-7-2-1-3-8(4-7)21-14(26)22(20-19-21)10-5-9(17-18-13(16)25)12-23-6-11(10)24-12/h1-4,10-12H,5-6H2,(H3,16,18,25)/b17-9-/t10-,11+,12-/m1/s1. The van der Waals surface area contributed by atoms with Gasteiger partial charge in [0.2, 0.25) is 4.77 Å². The largest absolute Gasteiger partial charge is 0.375 e. The molecule has 136 valence electrons. The van der Waals surface area contributed by atoms with Crippen molar-refractivity contribution in [2.24, 2.45) is 10.8 Å². The molecule has 2 aliphatic rings. The quantitative estimate of drug-likeness (QED) is 0.575. The predicted octanol–water partition coefficient (Wildman–Crippen LogP) is 1.33. The van der Waals surface area contributed by atoms with Crippen molar-refractivity contribution in [2.45, 2.75) is 24.9 Å². The summed E-state index contributed by atoms with van der Waals surface area (Å²) in [6.45, 7) is 0.410. The van der Waals surface area contributed by atoms with Gasteiger partial charge in [0.15, 0.2) is 11.4 Å². The zero-order valence-corrected chi connectivity index (χ0v) is 15.7. The third-order valence-electron chi connectivity index (χ3n) is 4.11. The first-order valence-corrected chi connectivity index (χ1v) is 8.92. The van der Waals surface area contributed by atoms with Crippen molar-refractivity contribution in [1.82, 2.24) is 25.2 Å². The minimum Gasteiger partial charge on any atom is -0.375 e. The van der Waals surface area contributed by atoms with Crippen molar-refractivity contribution in [2.75, 3.05) is 6.61 Å². The summed E-state index contributed by atoms with van der Waals surface area (Å²) in [4.78, 5) is 0. The van der Waals surface area contributed by atoms with Gasteiger partial charge in [-0.15, -0.1) is 0 Å². The second-order valence-electron chi connectivity index (χ2n) is 5.79. The van der Waals surface area contributed by atoms with Crippen molar-refractivity contribution in [1.29, 1.82) is 0 Å². The number of hydrogen-bond donors (Lipinski definition) is 2. The monoisotopic (exact) mass is 411 g/mol. The van der Waals surface area contributed by atoms with Gasteiger partial charge in [0.1, 0.15) is 6.10 Å². The molecule has 2 fully saturated rings. The molecule has 26 heavy (non-hydrogen) atoms. The highest BCUT2D eigenvalue weighted by Crippen LogP contribution is 2.33. The van der Waals surface area contributed by atoms with E-state index in [4.69, 9.17) is 51.2 Å². The summed E-state index contributed by atoms with van der Waals surface area (Å²) < 4.78 is 15.1. The maximum absolute atomic E-state index is 6.05. The molecule has 4 rings (SSSR count). The first-order valence-electron chi connectivity index (χ1n) is 7.72. The van der Waals surface area contributed by atoms with E-state index < -0.39 is 6.29 Å². The number of ether oxygens (including phenoxy) is 2. The molecule has 2 aromatic rings. The van der Waals surface area contributed by atoms with E-state index in [2.05, 4.69) is 21.0 Å². The Hall–Kier alpha value is -1.92. The summed E-state index contributed by atoms with van der Waals surface area (Å²) in [7, 11) is 0. The second kappa shape index (κ2) is 7.00. The number of rotatable bonds is 3. The summed E-state index contributed by atoms with van der Waals surface area (Å²) in [5.41, 5.74) is 9.36. The molecule has 2 bridgehead atoms. The molecule has 1 aromatic carbocycles. The molecule has 0 radical (unpaired) electrons. The van der Waals surface area contributed by atoms with E-state index in [9.17, 15) is 0 Å². The number of nitrogens with two attached hydrogens (primary N) is 1. The molecule has 0 unspecified atom stereocenters. The van der Waals surface area contributed by atoms with Crippen LogP contribution in [0.2, 0.25) is 5.02 Å². The van der Waals surface area contributed by atoms with E-state index in [0.717, 1.165) is 5.69 Å². The number of thiocarbonyl (C=S) groups is 1. The lowest BCUT2D eigenvalue weighted by Gasteiger charge is -2.27. The van der Waals surface area contributed by atoms with Crippen LogP contribution in [0.25, 0.3) is 5.69 Å². The molecular weight excluding hydrogens is 398 g/mol. The second-order valence-corrected chi connectivity index (χ2v) is 7.03. The number of fused-ring (bicyclic) bond motifs is 2. The Bertz CT molecular complexity index is 943. The highest BCUT2D eigenvalue weighted by atomic mass is 35.5. The Morgan fingerprint density at radius 3 is 3.04 bits per heavy atom. The average molecular weight is 412 g/mol. The Kier molecular flexibility index (Phi) is 4.71. The summed E-state index contributed by atoms with van der Waals surface area (Å²) in [5.74, 6) is 0. The number of halogens is 1. The van der Waals surface area contributed by atoms with E-state index in [-0.39, 0.29) is 17.3 Å². The van der Waals surface area contributed by atoms with Crippen molar-refractivity contribution in [3.63, 3.8) is 0 Å². The Morgan fingerprint density at radius 2 is 2.27 bits per heavy atom. The molecule has 3 atom stereocenters. The fourth-order valence-corrected chi connectivity index (χ4v) is 3.49. The van der Waals surface area contributed by atoms with Crippen molar-refractivity contribution in [3.8, 4) is 5.69 Å². The van der Waals surface area contributed by atoms with Gasteiger partial charge in [0, 0.05) is 11.4 Å². The van der Waals surface area contributed by atoms with E-state index in [1.165, 1.54) is 0 Å². The maximum atomic E-state index is 6.05. The number of tetrazole rings is 1. The number of hydrogen-bond acceptors (Lipinski definition) is 7. The summed E-state index contributed by atoms with van der Waals surface area (Å²) >= 11 is 16.4. The van der Waals surface area contributed by atoms with Gasteiger partial charge in [-0.05, 0) is 53.1 Å². The number of aromatic nitrogens is 4. The van der Waals surface area contributed by atoms with E-state index in [0.29, 0.717) is 28.5 Å². The Balaban J connectivity index is 1.66. The molecule has 0 aliphatic carbocycles. The van der Waals surface area contributed by atoms with Crippen LogP contribution in [0.4, 0.5) is 0 Å². The molecule has 0 spiro atoms. The molecule has 0 saturated carbocycles. The molecule has 2 saturated heterocycles. The molecule has 0 amide bonds. The topological polar surface area (TPSA) is 105 Å². The van der Waals surface area contributed by atoms with Crippen molar-refractivity contribution >= 4 is 46.9 Å². The van der Waals surface area contributed by atoms with Crippen LogP contribution in [0.15, 0.2) is 29.4 Å². The summed E-state index contributed by atoms with van der Waals surface area (Å²) in [5, 5.41) is 13.2. The third kappa shape index (κ3) is 3.23. The fourth-order valence-electron chi connectivity index (χ4n) is 2.94. The highest BCUT2D eigenvalue weighted by Gasteiger charge is 2.44. The van der Waals surface area contributed by atoms with Crippen LogP contribution in [0.3, 0.4) is 0 Å². The van der Waals surface area contributed by atoms with E-state index in [1.807, 2.05) is 12.1 Å². The van der Waals surface area contributed by atoms with Gasteiger partial charge in [-0.25, -0.2) is 4.68 Å². The lowest BCUT2D eigenvalue weighted by molar-refractivity contribution is -0.0324. The molecule has 3 N–H and O–H groups in total. The lowest BCUT2D eigenvalue weighted by atomic mass is 10.0. The fraction of sp³-hybridized carbons (Fsp3) is 0.357. The molecule has 3 heterocycles. The number of benzene rings is 1. The van der Waals surface area contributed by atoms with Crippen molar-refractivity contribution in [3.05, 3.63) is 34.1 Å². The number of nitrogens with one attached hydrogen (secondary N) is 1. The van der Waals surface area contributed by atoms with Crippen LogP contribution in [-0.4, -0.2) is 49.6 Å². The normalized spacial score (nSPS) is 26.2. The number of hydrazone groups is 1. The molecular formula is C14H14ClN7O2S2. The molecule has 12 heteroatoms. The first kappa shape index (κ1) is 17.5. The Morgan fingerprint density at radius 1 is 1.42 bits per heavy atom. The zero-order chi connectivity index (χ0) is 18.3. The van der Waals surface area contributed by atoms with Gasteiger partial charge in [-0.3, -0.25) is 5.43 Å².